The molecule has 4 heterocycles. The van der Waals surface area contributed by atoms with Crippen LogP contribution in [0.1, 0.15) is 64.2 Å². The Morgan fingerprint density at radius 2 is 0.607 bits per heavy atom. The zero-order chi connectivity index (χ0) is 19.8. The predicted octanol–water partition coefficient (Wildman–Crippen LogP) is 0.901. The Kier molecular flexibility index (Phi) is 21.2. The monoisotopic (exact) mass is 399 g/mol. The molecule has 0 bridgehead atoms. The summed E-state index contributed by atoms with van der Waals surface area (Å²) in [7, 11) is 0. The molecule has 0 aliphatic carbocycles. The van der Waals surface area contributed by atoms with Gasteiger partial charge in [-0.1, -0.05) is 19.3 Å². The topological polar surface area (TPSA) is 84.2 Å². The maximum atomic E-state index is 3.35. The van der Waals surface area contributed by atoms with Gasteiger partial charge in [-0.3, -0.25) is 10.9 Å². The molecule has 168 valence electrons. The first-order valence-corrected chi connectivity index (χ1v) is 12.0. The van der Waals surface area contributed by atoms with Crippen molar-refractivity contribution in [1.82, 2.24) is 37.4 Å². The standard InChI is InChI=1S/C6H13N.3C5H12N2/c1-2-4-6-7-5-3-1;1-2-6-4-5-7-3-1;1-2-4-7-5-6-3-1;1-2-4-6-7-5-3-1/h7H,1-6H2;3*6-7H,1-5H2. The van der Waals surface area contributed by atoms with Gasteiger partial charge < -0.3 is 26.6 Å². The van der Waals surface area contributed by atoms with E-state index in [1.807, 2.05) is 0 Å². The van der Waals surface area contributed by atoms with Gasteiger partial charge in [0.15, 0.2) is 0 Å². The lowest BCUT2D eigenvalue weighted by Gasteiger charge is -1.95. The fourth-order valence-corrected chi connectivity index (χ4v) is 3.29. The highest BCUT2D eigenvalue weighted by atomic mass is 15.3. The number of hydrogen-bond donors (Lipinski definition) is 7. The lowest BCUT2D eigenvalue weighted by Crippen LogP contribution is -2.30. The number of hydrazine groups is 1. The molecule has 0 saturated carbocycles. The molecule has 4 saturated heterocycles. The maximum Gasteiger partial charge on any atom is 0.0454 e. The summed E-state index contributed by atoms with van der Waals surface area (Å²) in [6.07, 6.45) is 13.6. The van der Waals surface area contributed by atoms with E-state index >= 15 is 0 Å². The van der Waals surface area contributed by atoms with Gasteiger partial charge in [-0.2, -0.15) is 0 Å². The average molecular weight is 400 g/mol. The molecule has 0 amide bonds. The molecule has 0 radical (unpaired) electrons. The van der Waals surface area contributed by atoms with Crippen molar-refractivity contribution in [2.45, 2.75) is 64.2 Å². The summed E-state index contributed by atoms with van der Waals surface area (Å²) in [5.74, 6) is 0. The van der Waals surface area contributed by atoms with Gasteiger partial charge in [0.25, 0.3) is 0 Å². The second-order valence-electron chi connectivity index (χ2n) is 7.82. The fourth-order valence-electron chi connectivity index (χ4n) is 3.29. The summed E-state index contributed by atoms with van der Waals surface area (Å²) >= 11 is 0. The van der Waals surface area contributed by atoms with Crippen LogP contribution in [0.4, 0.5) is 0 Å². The zero-order valence-electron chi connectivity index (χ0n) is 18.3. The van der Waals surface area contributed by atoms with E-state index in [4.69, 9.17) is 0 Å². The van der Waals surface area contributed by atoms with E-state index in [1.54, 1.807) is 0 Å². The van der Waals surface area contributed by atoms with Crippen LogP contribution in [-0.4, -0.2) is 72.1 Å². The van der Waals surface area contributed by atoms with Crippen LogP contribution in [0, 0.1) is 0 Å². The summed E-state index contributed by atoms with van der Waals surface area (Å²) in [4.78, 5) is 0. The largest absolute Gasteiger partial charge is 0.317 e. The molecule has 4 rings (SSSR count). The third-order valence-electron chi connectivity index (χ3n) is 5.08. The van der Waals surface area contributed by atoms with Crippen LogP contribution in [0.5, 0.6) is 0 Å². The molecule has 0 aromatic rings. The lowest BCUT2D eigenvalue weighted by atomic mass is 10.2. The first-order chi connectivity index (χ1) is 14.0. The van der Waals surface area contributed by atoms with Crippen molar-refractivity contribution in [3.8, 4) is 0 Å². The van der Waals surface area contributed by atoms with Crippen LogP contribution >= 0.6 is 0 Å². The molecule has 0 aromatic heterocycles. The molecule has 0 spiro atoms. The summed E-state index contributed by atoms with van der Waals surface area (Å²) in [5.41, 5.74) is 6.19. The Labute approximate surface area is 174 Å². The van der Waals surface area contributed by atoms with Crippen LogP contribution in [0.3, 0.4) is 0 Å². The first-order valence-electron chi connectivity index (χ1n) is 12.0. The van der Waals surface area contributed by atoms with Crippen molar-refractivity contribution in [2.75, 3.05) is 72.1 Å². The quantitative estimate of drug-likeness (QED) is 0.326. The van der Waals surface area contributed by atoms with E-state index in [2.05, 4.69) is 37.4 Å². The van der Waals surface area contributed by atoms with Gasteiger partial charge in [0.1, 0.15) is 0 Å². The van der Waals surface area contributed by atoms with Gasteiger partial charge in [-0.15, -0.1) is 0 Å². The first kappa shape index (κ1) is 25.8. The van der Waals surface area contributed by atoms with E-state index in [9.17, 15) is 0 Å². The lowest BCUT2D eigenvalue weighted by molar-refractivity contribution is 0.573. The molecule has 7 heteroatoms. The maximum absolute atomic E-state index is 3.35. The third kappa shape index (κ3) is 20.5. The Morgan fingerprint density at radius 3 is 1.18 bits per heavy atom. The van der Waals surface area contributed by atoms with Gasteiger partial charge in [0, 0.05) is 32.8 Å². The zero-order valence-corrected chi connectivity index (χ0v) is 18.3. The third-order valence-corrected chi connectivity index (χ3v) is 5.08. The Bertz CT molecular complexity index is 157. The fraction of sp³-hybridized carbons (Fsp3) is 1.00. The number of hydrogen-bond acceptors (Lipinski definition) is 7. The molecule has 4 aliphatic rings. The van der Waals surface area contributed by atoms with Crippen LogP contribution in [0.2, 0.25) is 0 Å². The highest BCUT2D eigenvalue weighted by Crippen LogP contribution is 2.00. The second-order valence-corrected chi connectivity index (χ2v) is 7.82. The molecule has 7 N–H and O–H groups in total. The average Bonchev–Trinajstić information content (AvgIpc) is 3.39. The minimum atomic E-state index is 1.00. The minimum absolute atomic E-state index is 1.00. The Hall–Kier alpha value is -0.280. The van der Waals surface area contributed by atoms with Crippen LogP contribution in [0.15, 0.2) is 0 Å². The van der Waals surface area contributed by atoms with E-state index in [1.165, 1.54) is 103 Å². The van der Waals surface area contributed by atoms with Crippen molar-refractivity contribution < 1.29 is 0 Å². The van der Waals surface area contributed by atoms with Crippen molar-refractivity contribution in [2.24, 2.45) is 0 Å². The summed E-state index contributed by atoms with van der Waals surface area (Å²) in [6, 6.07) is 0. The van der Waals surface area contributed by atoms with Crippen molar-refractivity contribution in [3.05, 3.63) is 0 Å². The summed E-state index contributed by atoms with van der Waals surface area (Å²) in [5, 5.41) is 16.4. The SMILES string of the molecule is C1CCCNCC1.C1CCNCNC1.C1CCNNCC1.C1CNCCNC1. The highest BCUT2D eigenvalue weighted by molar-refractivity contribution is 4.58. The number of rotatable bonds is 0. The second kappa shape index (κ2) is 23.0. The van der Waals surface area contributed by atoms with E-state index in [0.717, 1.165) is 32.8 Å². The number of nitrogens with one attached hydrogen (secondary N) is 7. The van der Waals surface area contributed by atoms with Crippen LogP contribution in [-0.2, 0) is 0 Å². The molecule has 0 atom stereocenters. The smallest absolute Gasteiger partial charge is 0.0454 e. The normalized spacial score (nSPS) is 24.0. The van der Waals surface area contributed by atoms with Crippen molar-refractivity contribution in [3.63, 3.8) is 0 Å². The van der Waals surface area contributed by atoms with Gasteiger partial charge >= 0.3 is 0 Å². The molecular formula is C21H49N7. The van der Waals surface area contributed by atoms with Crippen LogP contribution < -0.4 is 37.4 Å². The van der Waals surface area contributed by atoms with Crippen LogP contribution in [0.25, 0.3) is 0 Å². The van der Waals surface area contributed by atoms with E-state index < -0.39 is 0 Å². The molecule has 4 fully saturated rings. The summed E-state index contributed by atoms with van der Waals surface area (Å²) in [6.45, 7) is 12.8. The molecule has 0 unspecified atom stereocenters. The highest BCUT2D eigenvalue weighted by Gasteiger charge is 1.95. The minimum Gasteiger partial charge on any atom is -0.317 e. The molecule has 0 aromatic carbocycles. The molecule has 28 heavy (non-hydrogen) atoms. The van der Waals surface area contributed by atoms with Gasteiger partial charge in [-0.05, 0) is 84.2 Å². The Balaban J connectivity index is 0.000000187. The Morgan fingerprint density at radius 1 is 0.250 bits per heavy atom. The summed E-state index contributed by atoms with van der Waals surface area (Å²) < 4.78 is 0. The molecule has 4 aliphatic heterocycles. The predicted molar refractivity (Wildman–Crippen MR) is 122 cm³/mol. The van der Waals surface area contributed by atoms with E-state index in [0.29, 0.717) is 0 Å². The van der Waals surface area contributed by atoms with Gasteiger partial charge in [0.2, 0.25) is 0 Å². The van der Waals surface area contributed by atoms with Gasteiger partial charge in [0.05, 0.1) is 0 Å². The van der Waals surface area contributed by atoms with E-state index in [-0.39, 0.29) is 0 Å². The van der Waals surface area contributed by atoms with Crippen molar-refractivity contribution in [1.29, 1.82) is 0 Å². The molecule has 7 nitrogen and oxygen atoms in total. The van der Waals surface area contributed by atoms with Crippen molar-refractivity contribution >= 4 is 0 Å². The molecular weight excluding hydrogens is 350 g/mol. The van der Waals surface area contributed by atoms with Gasteiger partial charge in [-0.25, -0.2) is 0 Å².